The van der Waals surface area contributed by atoms with Crippen LogP contribution in [0.2, 0.25) is 5.02 Å². The van der Waals surface area contributed by atoms with Gasteiger partial charge >= 0.3 is 6.18 Å². The number of alkyl halides is 3. The SMILES string of the molecule is COc1ccc(Nc2nc(Nc3cccc(OC)c3C(F)(F)F)ncc2F)cc1Cl. The second-order valence-corrected chi connectivity index (χ2v) is 6.28. The summed E-state index contributed by atoms with van der Waals surface area (Å²) in [5.41, 5.74) is -0.981. The number of nitrogens with zero attached hydrogens (tertiary/aromatic N) is 2. The number of rotatable bonds is 6. The number of methoxy groups -OCH3 is 2. The Morgan fingerprint density at radius 1 is 1.00 bits per heavy atom. The van der Waals surface area contributed by atoms with Crippen LogP contribution in [0.4, 0.5) is 40.7 Å². The Morgan fingerprint density at radius 3 is 2.37 bits per heavy atom. The Hall–Kier alpha value is -3.27. The number of anilines is 4. The lowest BCUT2D eigenvalue weighted by atomic mass is 10.1. The lowest BCUT2D eigenvalue weighted by Gasteiger charge is -2.17. The molecule has 0 radical (unpaired) electrons. The van der Waals surface area contributed by atoms with Crippen molar-refractivity contribution in [1.29, 1.82) is 0 Å². The van der Waals surface area contributed by atoms with Crippen molar-refractivity contribution in [3.8, 4) is 11.5 Å². The van der Waals surface area contributed by atoms with Gasteiger partial charge in [-0.25, -0.2) is 9.37 Å². The van der Waals surface area contributed by atoms with Crippen LogP contribution < -0.4 is 20.1 Å². The summed E-state index contributed by atoms with van der Waals surface area (Å²) in [4.78, 5) is 7.63. The predicted octanol–water partition coefficient (Wildman–Crippen LogP) is 5.79. The second-order valence-electron chi connectivity index (χ2n) is 5.87. The van der Waals surface area contributed by atoms with E-state index < -0.39 is 17.6 Å². The highest BCUT2D eigenvalue weighted by Crippen LogP contribution is 2.42. The number of aromatic nitrogens is 2. The number of nitrogens with one attached hydrogen (secondary N) is 2. The van der Waals surface area contributed by atoms with E-state index in [1.165, 1.54) is 31.4 Å². The van der Waals surface area contributed by atoms with Crippen molar-refractivity contribution >= 4 is 34.7 Å². The molecule has 2 N–H and O–H groups in total. The van der Waals surface area contributed by atoms with Crippen LogP contribution >= 0.6 is 11.6 Å². The zero-order chi connectivity index (χ0) is 21.9. The van der Waals surface area contributed by atoms with Crippen molar-refractivity contribution in [2.45, 2.75) is 6.18 Å². The Labute approximate surface area is 173 Å². The lowest BCUT2D eigenvalue weighted by molar-refractivity contribution is -0.138. The van der Waals surface area contributed by atoms with Gasteiger partial charge in [0, 0.05) is 5.69 Å². The topological polar surface area (TPSA) is 68.3 Å². The Morgan fingerprint density at radius 2 is 1.73 bits per heavy atom. The van der Waals surface area contributed by atoms with Gasteiger partial charge in [-0.15, -0.1) is 0 Å². The van der Waals surface area contributed by atoms with E-state index in [4.69, 9.17) is 21.1 Å². The fraction of sp³-hybridized carbons (Fsp3) is 0.158. The van der Waals surface area contributed by atoms with Crippen LogP contribution in [-0.4, -0.2) is 24.2 Å². The van der Waals surface area contributed by atoms with E-state index in [1.54, 1.807) is 12.1 Å². The van der Waals surface area contributed by atoms with Crippen LogP contribution in [0.5, 0.6) is 11.5 Å². The molecule has 1 heterocycles. The van der Waals surface area contributed by atoms with Crippen molar-refractivity contribution in [3.05, 3.63) is 59.0 Å². The van der Waals surface area contributed by atoms with E-state index in [-0.39, 0.29) is 28.2 Å². The molecule has 0 unspecified atom stereocenters. The number of hydrogen-bond acceptors (Lipinski definition) is 6. The molecule has 11 heteroatoms. The number of hydrogen-bond donors (Lipinski definition) is 2. The number of benzene rings is 2. The van der Waals surface area contributed by atoms with Crippen molar-refractivity contribution in [2.24, 2.45) is 0 Å². The average Bonchev–Trinajstić information content (AvgIpc) is 2.69. The monoisotopic (exact) mass is 442 g/mol. The molecule has 0 saturated heterocycles. The first-order valence-corrected chi connectivity index (χ1v) is 8.75. The maximum absolute atomic E-state index is 14.2. The van der Waals surface area contributed by atoms with Crippen LogP contribution in [0.25, 0.3) is 0 Å². The summed E-state index contributed by atoms with van der Waals surface area (Å²) in [7, 11) is 2.58. The molecule has 6 nitrogen and oxygen atoms in total. The zero-order valence-electron chi connectivity index (χ0n) is 15.6. The van der Waals surface area contributed by atoms with E-state index >= 15 is 0 Å². The Balaban J connectivity index is 1.92. The standard InChI is InChI=1S/C19H15ClF4N4O2/c1-29-14-7-6-10(8-11(14)20)26-17-12(21)9-25-18(28-17)27-13-4-3-5-15(30-2)16(13)19(22,23)24/h3-9H,1-2H3,(H2,25,26,27,28). The van der Waals surface area contributed by atoms with Crippen molar-refractivity contribution in [3.63, 3.8) is 0 Å². The molecule has 0 spiro atoms. The molecule has 0 fully saturated rings. The molecule has 0 amide bonds. The molecule has 158 valence electrons. The van der Waals surface area contributed by atoms with Gasteiger partial charge < -0.3 is 20.1 Å². The summed E-state index contributed by atoms with van der Waals surface area (Å²) in [6.45, 7) is 0. The quantitative estimate of drug-likeness (QED) is 0.471. The summed E-state index contributed by atoms with van der Waals surface area (Å²) in [6, 6.07) is 8.36. The number of halogens is 5. The molecule has 2 aromatic carbocycles. The van der Waals surface area contributed by atoms with Crippen LogP contribution in [-0.2, 0) is 6.18 Å². The summed E-state index contributed by atoms with van der Waals surface area (Å²) in [5, 5.41) is 5.45. The minimum atomic E-state index is -4.70. The average molecular weight is 443 g/mol. The highest BCUT2D eigenvalue weighted by atomic mass is 35.5. The largest absolute Gasteiger partial charge is 0.496 e. The third-order valence-electron chi connectivity index (χ3n) is 3.93. The van der Waals surface area contributed by atoms with Crippen molar-refractivity contribution in [1.82, 2.24) is 9.97 Å². The second kappa shape index (κ2) is 8.62. The highest BCUT2D eigenvalue weighted by Gasteiger charge is 2.37. The normalized spacial score (nSPS) is 11.2. The maximum atomic E-state index is 14.2. The van der Waals surface area contributed by atoms with E-state index in [0.29, 0.717) is 11.4 Å². The zero-order valence-corrected chi connectivity index (χ0v) is 16.4. The van der Waals surface area contributed by atoms with Crippen LogP contribution in [0.15, 0.2) is 42.6 Å². The first-order chi connectivity index (χ1) is 14.2. The first kappa shape index (κ1) is 21.4. The van der Waals surface area contributed by atoms with E-state index in [2.05, 4.69) is 20.6 Å². The molecular formula is C19H15ClF4N4O2. The third-order valence-corrected chi connectivity index (χ3v) is 4.23. The van der Waals surface area contributed by atoms with Gasteiger partial charge in [-0.2, -0.15) is 18.2 Å². The van der Waals surface area contributed by atoms with Crippen LogP contribution in [0.1, 0.15) is 5.56 Å². The Kier molecular flexibility index (Phi) is 6.16. The first-order valence-electron chi connectivity index (χ1n) is 8.37. The molecule has 0 aliphatic heterocycles. The minimum absolute atomic E-state index is 0.253. The van der Waals surface area contributed by atoms with Gasteiger partial charge in [0.1, 0.15) is 17.1 Å². The van der Waals surface area contributed by atoms with Crippen molar-refractivity contribution < 1.29 is 27.0 Å². The molecule has 0 aliphatic rings. The van der Waals surface area contributed by atoms with E-state index in [1.807, 2.05) is 0 Å². The van der Waals surface area contributed by atoms with Gasteiger partial charge in [0.2, 0.25) is 5.95 Å². The summed E-state index contributed by atoms with van der Waals surface area (Å²) in [6.07, 6.45) is -3.87. The summed E-state index contributed by atoms with van der Waals surface area (Å²) >= 11 is 6.04. The van der Waals surface area contributed by atoms with Crippen LogP contribution in [0.3, 0.4) is 0 Å². The molecule has 0 saturated carbocycles. The van der Waals surface area contributed by atoms with E-state index in [0.717, 1.165) is 13.3 Å². The van der Waals surface area contributed by atoms with E-state index in [9.17, 15) is 17.6 Å². The fourth-order valence-electron chi connectivity index (χ4n) is 2.61. The lowest BCUT2D eigenvalue weighted by Crippen LogP contribution is -2.12. The van der Waals surface area contributed by atoms with Gasteiger partial charge in [0.25, 0.3) is 0 Å². The molecule has 30 heavy (non-hydrogen) atoms. The molecule has 0 atom stereocenters. The van der Waals surface area contributed by atoms with Gasteiger partial charge in [0.05, 0.1) is 31.1 Å². The van der Waals surface area contributed by atoms with Crippen LogP contribution in [0, 0.1) is 5.82 Å². The number of ether oxygens (including phenoxy) is 2. The maximum Gasteiger partial charge on any atom is 0.421 e. The van der Waals surface area contributed by atoms with Gasteiger partial charge in [0.15, 0.2) is 11.6 Å². The van der Waals surface area contributed by atoms with Gasteiger partial charge in [-0.1, -0.05) is 17.7 Å². The van der Waals surface area contributed by atoms with Gasteiger partial charge in [-0.3, -0.25) is 0 Å². The fourth-order valence-corrected chi connectivity index (χ4v) is 2.87. The third kappa shape index (κ3) is 4.65. The molecule has 3 rings (SSSR count). The molecular weight excluding hydrogens is 428 g/mol. The van der Waals surface area contributed by atoms with Crippen molar-refractivity contribution in [2.75, 3.05) is 24.9 Å². The summed E-state index contributed by atoms with van der Waals surface area (Å²) in [5.74, 6) is -1.28. The summed E-state index contributed by atoms with van der Waals surface area (Å²) < 4.78 is 64.4. The van der Waals surface area contributed by atoms with Gasteiger partial charge in [-0.05, 0) is 30.3 Å². The molecule has 1 aromatic heterocycles. The smallest absolute Gasteiger partial charge is 0.421 e. The minimum Gasteiger partial charge on any atom is -0.496 e. The molecule has 0 bridgehead atoms. The molecule has 0 aliphatic carbocycles. The predicted molar refractivity (Wildman–Crippen MR) is 105 cm³/mol. The highest BCUT2D eigenvalue weighted by molar-refractivity contribution is 6.32. The Bertz CT molecular complexity index is 1060. The molecule has 3 aromatic rings.